The monoisotopic (exact) mass is 489 g/mol. The Morgan fingerprint density at radius 2 is 1.67 bits per heavy atom. The van der Waals surface area contributed by atoms with Crippen molar-refractivity contribution in [3.63, 3.8) is 0 Å². The zero-order valence-electron chi connectivity index (χ0n) is 17.6. The van der Waals surface area contributed by atoms with Gasteiger partial charge in [-0.3, -0.25) is 20.4 Å². The van der Waals surface area contributed by atoms with E-state index in [2.05, 4.69) is 10.9 Å². The molecule has 0 spiro atoms. The number of rotatable bonds is 9. The van der Waals surface area contributed by atoms with E-state index >= 15 is 0 Å². The lowest BCUT2D eigenvalue weighted by Gasteiger charge is -2.15. The highest BCUT2D eigenvalue weighted by Gasteiger charge is 2.30. The van der Waals surface area contributed by atoms with Crippen LogP contribution < -0.4 is 25.0 Å². The number of amides is 2. The number of alkyl halides is 3. The van der Waals surface area contributed by atoms with Gasteiger partial charge in [0.15, 0.2) is 6.10 Å². The molecule has 0 aliphatic heterocycles. The number of carbonyl (C=O) groups excluding carboxylic acids is 2. The molecule has 33 heavy (non-hydrogen) atoms. The SMILES string of the molecule is CCOc1ccc(O[C@H](C)C(=O)NNC(=O)c2cccc(S(=O)(=O)NCC(F)(F)F)c2)cc1. The van der Waals surface area contributed by atoms with E-state index in [9.17, 15) is 31.2 Å². The maximum Gasteiger partial charge on any atom is 0.402 e. The van der Waals surface area contributed by atoms with Gasteiger partial charge in [-0.05, 0) is 56.3 Å². The van der Waals surface area contributed by atoms with E-state index in [0.717, 1.165) is 12.1 Å². The molecule has 0 aromatic heterocycles. The number of carbonyl (C=O) groups is 2. The summed E-state index contributed by atoms with van der Waals surface area (Å²) in [5.74, 6) is -0.568. The minimum Gasteiger partial charge on any atom is -0.494 e. The maximum absolute atomic E-state index is 12.3. The Bertz CT molecular complexity index is 1080. The first-order chi connectivity index (χ1) is 15.4. The largest absolute Gasteiger partial charge is 0.494 e. The molecule has 1 atom stereocenters. The van der Waals surface area contributed by atoms with E-state index in [-0.39, 0.29) is 5.56 Å². The third kappa shape index (κ3) is 8.27. The Hall–Kier alpha value is -3.32. The molecule has 3 N–H and O–H groups in total. The number of hydrazine groups is 1. The van der Waals surface area contributed by atoms with Crippen LogP contribution >= 0.6 is 0 Å². The van der Waals surface area contributed by atoms with Crippen LogP contribution in [0.1, 0.15) is 24.2 Å². The molecule has 180 valence electrons. The first-order valence-electron chi connectivity index (χ1n) is 9.57. The predicted octanol–water partition coefficient (Wildman–Crippen LogP) is 2.15. The van der Waals surface area contributed by atoms with Gasteiger partial charge in [0.25, 0.3) is 11.8 Å². The molecule has 0 radical (unpaired) electrons. The van der Waals surface area contributed by atoms with Crippen LogP contribution in [0.15, 0.2) is 53.4 Å². The van der Waals surface area contributed by atoms with Crippen LogP contribution in [0.2, 0.25) is 0 Å². The van der Waals surface area contributed by atoms with Crippen molar-refractivity contribution in [1.29, 1.82) is 0 Å². The van der Waals surface area contributed by atoms with Gasteiger partial charge in [-0.25, -0.2) is 13.1 Å². The van der Waals surface area contributed by atoms with Gasteiger partial charge >= 0.3 is 6.18 Å². The van der Waals surface area contributed by atoms with E-state index in [4.69, 9.17) is 9.47 Å². The molecule has 2 rings (SSSR count). The van der Waals surface area contributed by atoms with Gasteiger partial charge in [0.05, 0.1) is 11.5 Å². The number of benzene rings is 2. The van der Waals surface area contributed by atoms with Crippen molar-refractivity contribution >= 4 is 21.8 Å². The summed E-state index contributed by atoms with van der Waals surface area (Å²) in [4.78, 5) is 23.9. The number of ether oxygens (including phenoxy) is 2. The summed E-state index contributed by atoms with van der Waals surface area (Å²) in [6, 6.07) is 10.8. The highest BCUT2D eigenvalue weighted by atomic mass is 32.2. The standard InChI is InChI=1S/C20H22F3N3O6S/c1-3-31-15-7-9-16(10-8-15)32-13(2)18(27)25-26-19(28)14-5-4-6-17(11-14)33(29,30)24-12-20(21,22)23/h4-11,13,24H,3,12H2,1-2H3,(H,25,27)(H,26,28)/t13-/m1/s1. The summed E-state index contributed by atoms with van der Waals surface area (Å²) in [6.07, 6.45) is -5.74. The fourth-order valence-electron chi connectivity index (χ4n) is 2.40. The predicted molar refractivity (Wildman–Crippen MR) is 111 cm³/mol. The Morgan fingerprint density at radius 1 is 1.03 bits per heavy atom. The van der Waals surface area contributed by atoms with Gasteiger partial charge in [0.1, 0.15) is 18.0 Å². The third-order valence-electron chi connectivity index (χ3n) is 3.99. The molecule has 0 fully saturated rings. The summed E-state index contributed by atoms with van der Waals surface area (Å²) in [6.45, 7) is 2.02. The Kier molecular flexibility index (Phi) is 8.65. The molecule has 2 aromatic rings. The average Bonchev–Trinajstić information content (AvgIpc) is 2.77. The topological polar surface area (TPSA) is 123 Å². The molecule has 0 aliphatic carbocycles. The van der Waals surface area contributed by atoms with Gasteiger partial charge in [-0.1, -0.05) is 6.07 Å². The van der Waals surface area contributed by atoms with Gasteiger partial charge < -0.3 is 9.47 Å². The number of hydrogen-bond donors (Lipinski definition) is 3. The highest BCUT2D eigenvalue weighted by molar-refractivity contribution is 7.89. The van der Waals surface area contributed by atoms with Crippen molar-refractivity contribution < 1.29 is 40.7 Å². The van der Waals surface area contributed by atoms with E-state index in [1.807, 2.05) is 6.92 Å². The molecule has 0 saturated heterocycles. The van der Waals surface area contributed by atoms with Crippen LogP contribution in [0.3, 0.4) is 0 Å². The van der Waals surface area contributed by atoms with E-state index < -0.39 is 45.6 Å². The number of halogens is 3. The molecular formula is C20H22F3N3O6S. The molecule has 9 nitrogen and oxygen atoms in total. The molecule has 2 aromatic carbocycles. The second-order valence-electron chi connectivity index (χ2n) is 6.58. The fraction of sp³-hybridized carbons (Fsp3) is 0.300. The first-order valence-corrected chi connectivity index (χ1v) is 11.1. The van der Waals surface area contributed by atoms with Crippen molar-refractivity contribution in [3.8, 4) is 11.5 Å². The van der Waals surface area contributed by atoms with Crippen LogP contribution in [-0.4, -0.2) is 45.7 Å². The maximum atomic E-state index is 12.3. The van der Waals surface area contributed by atoms with Crippen LogP contribution in [0.4, 0.5) is 13.2 Å². The van der Waals surface area contributed by atoms with Gasteiger partial charge in [0.2, 0.25) is 10.0 Å². The number of hydrogen-bond acceptors (Lipinski definition) is 6. The number of sulfonamides is 1. The van der Waals surface area contributed by atoms with Crippen molar-refractivity contribution in [2.75, 3.05) is 13.2 Å². The van der Waals surface area contributed by atoms with Crippen molar-refractivity contribution in [2.24, 2.45) is 0 Å². The molecule has 0 unspecified atom stereocenters. The first kappa shape index (κ1) is 25.9. The lowest BCUT2D eigenvalue weighted by Crippen LogP contribution is -2.47. The zero-order valence-corrected chi connectivity index (χ0v) is 18.4. The quantitative estimate of drug-likeness (QED) is 0.464. The van der Waals surface area contributed by atoms with Crippen molar-refractivity contribution in [3.05, 3.63) is 54.1 Å². The lowest BCUT2D eigenvalue weighted by atomic mass is 10.2. The normalized spacial score (nSPS) is 12.5. The third-order valence-corrected chi connectivity index (χ3v) is 5.38. The second kappa shape index (κ2) is 11.0. The molecule has 0 saturated carbocycles. The van der Waals surface area contributed by atoms with Gasteiger partial charge in [-0.15, -0.1) is 0 Å². The smallest absolute Gasteiger partial charge is 0.402 e. The van der Waals surface area contributed by atoms with Crippen LogP contribution in [0, 0.1) is 0 Å². The minimum atomic E-state index is -4.74. The molecule has 0 bridgehead atoms. The summed E-state index contributed by atoms with van der Waals surface area (Å²) in [5, 5.41) is 0. The van der Waals surface area contributed by atoms with Crippen LogP contribution in [-0.2, 0) is 14.8 Å². The Labute approximate surface area is 188 Å². The average molecular weight is 489 g/mol. The minimum absolute atomic E-state index is 0.203. The molecule has 0 aliphatic rings. The summed E-state index contributed by atoms with van der Waals surface area (Å²) < 4.78 is 73.0. The van der Waals surface area contributed by atoms with Crippen LogP contribution in [0.5, 0.6) is 11.5 Å². The summed E-state index contributed by atoms with van der Waals surface area (Å²) >= 11 is 0. The van der Waals surface area contributed by atoms with Gasteiger partial charge in [0, 0.05) is 5.56 Å². The molecule has 13 heteroatoms. The summed E-state index contributed by atoms with van der Waals surface area (Å²) in [5.41, 5.74) is 4.02. The van der Waals surface area contributed by atoms with Gasteiger partial charge in [-0.2, -0.15) is 13.2 Å². The number of nitrogens with one attached hydrogen (secondary N) is 3. The summed E-state index contributed by atoms with van der Waals surface area (Å²) in [7, 11) is -4.50. The molecule has 0 heterocycles. The highest BCUT2D eigenvalue weighted by Crippen LogP contribution is 2.19. The Morgan fingerprint density at radius 3 is 2.27 bits per heavy atom. The van der Waals surface area contributed by atoms with Crippen LogP contribution in [0.25, 0.3) is 0 Å². The van der Waals surface area contributed by atoms with E-state index in [1.165, 1.54) is 23.8 Å². The lowest BCUT2D eigenvalue weighted by molar-refractivity contribution is -0.128. The van der Waals surface area contributed by atoms with E-state index in [0.29, 0.717) is 18.1 Å². The zero-order chi connectivity index (χ0) is 24.6. The molecular weight excluding hydrogens is 467 g/mol. The fourth-order valence-corrected chi connectivity index (χ4v) is 3.46. The van der Waals surface area contributed by atoms with Crippen molar-refractivity contribution in [1.82, 2.24) is 15.6 Å². The van der Waals surface area contributed by atoms with E-state index in [1.54, 1.807) is 24.3 Å². The molecule has 2 amide bonds. The van der Waals surface area contributed by atoms with Crippen molar-refractivity contribution in [2.45, 2.75) is 31.0 Å². The Balaban J connectivity index is 1.94. The second-order valence-corrected chi connectivity index (χ2v) is 8.34.